The van der Waals surface area contributed by atoms with Gasteiger partial charge in [-0.25, -0.2) is 13.4 Å². The second kappa shape index (κ2) is 9.83. The molecule has 0 saturated heterocycles. The van der Waals surface area contributed by atoms with Gasteiger partial charge in [0, 0.05) is 12.3 Å². The van der Waals surface area contributed by atoms with E-state index in [4.69, 9.17) is 18.6 Å². The number of aromatic nitrogens is 4. The summed E-state index contributed by atoms with van der Waals surface area (Å²) in [5.74, 6) is 1.72. The van der Waals surface area contributed by atoms with Crippen LogP contribution in [0.15, 0.2) is 59.3 Å². The average Bonchev–Trinajstić information content (AvgIpc) is 3.52. The summed E-state index contributed by atoms with van der Waals surface area (Å²) < 4.78 is 51.5. The van der Waals surface area contributed by atoms with E-state index in [1.54, 1.807) is 48.7 Å². The van der Waals surface area contributed by atoms with Gasteiger partial charge in [-0.3, -0.25) is 9.29 Å². The fourth-order valence-corrected chi connectivity index (χ4v) is 4.32. The lowest BCUT2D eigenvalue weighted by Crippen LogP contribution is -2.21. The SMILES string of the molecule is COc1ccc(CCS(=O)(=O)Nc2nnc(-c3ccco3)n2-c2c(OC)cccc2OC)cn1. The molecule has 0 aliphatic heterocycles. The molecule has 0 unspecified atom stereocenters. The number of hydrogen-bond donors (Lipinski definition) is 1. The maximum Gasteiger partial charge on any atom is 0.243 e. The molecule has 0 bridgehead atoms. The molecule has 0 amide bonds. The van der Waals surface area contributed by atoms with Gasteiger partial charge in [-0.1, -0.05) is 12.1 Å². The van der Waals surface area contributed by atoms with Gasteiger partial charge in [0.25, 0.3) is 0 Å². The van der Waals surface area contributed by atoms with E-state index < -0.39 is 10.0 Å². The third-order valence-corrected chi connectivity index (χ3v) is 6.18. The molecule has 0 fully saturated rings. The molecule has 4 aromatic rings. The molecule has 1 aromatic carbocycles. The minimum atomic E-state index is -3.82. The van der Waals surface area contributed by atoms with Crippen molar-refractivity contribution in [1.82, 2.24) is 19.7 Å². The van der Waals surface area contributed by atoms with Gasteiger partial charge in [-0.05, 0) is 36.2 Å². The quantitative estimate of drug-likeness (QED) is 0.360. The van der Waals surface area contributed by atoms with Crippen molar-refractivity contribution in [3.8, 4) is 34.7 Å². The highest BCUT2D eigenvalue weighted by Crippen LogP contribution is 2.37. The highest BCUT2D eigenvalue weighted by atomic mass is 32.2. The zero-order chi connectivity index (χ0) is 24.1. The summed E-state index contributed by atoms with van der Waals surface area (Å²) in [7, 11) is 0.700. The third-order valence-electron chi connectivity index (χ3n) is 4.94. The van der Waals surface area contributed by atoms with E-state index in [9.17, 15) is 8.42 Å². The predicted molar refractivity (Wildman–Crippen MR) is 124 cm³/mol. The molecule has 1 N–H and O–H groups in total. The Morgan fingerprint density at radius 1 is 0.971 bits per heavy atom. The van der Waals surface area contributed by atoms with Gasteiger partial charge in [-0.15, -0.1) is 10.2 Å². The fourth-order valence-electron chi connectivity index (χ4n) is 3.30. The molecule has 0 aliphatic rings. The molecule has 3 aromatic heterocycles. The smallest absolute Gasteiger partial charge is 0.243 e. The number of rotatable bonds is 10. The standard InChI is InChI=1S/C22H23N5O6S/c1-30-16-6-4-7-17(31-2)20(16)27-21(18-8-5-12-33-18)24-25-22(27)26-34(28,29)13-11-15-9-10-19(32-3)23-14-15/h4-10,12,14H,11,13H2,1-3H3,(H,25,26). The van der Waals surface area contributed by atoms with Crippen LogP contribution >= 0.6 is 0 Å². The van der Waals surface area contributed by atoms with Gasteiger partial charge < -0.3 is 18.6 Å². The number of hydrogen-bond acceptors (Lipinski definition) is 9. The van der Waals surface area contributed by atoms with E-state index in [0.717, 1.165) is 5.56 Å². The van der Waals surface area contributed by atoms with Crippen LogP contribution in [0.5, 0.6) is 17.4 Å². The molecule has 4 rings (SSSR count). The summed E-state index contributed by atoms with van der Waals surface area (Å²) in [6, 6.07) is 12.0. The van der Waals surface area contributed by atoms with Gasteiger partial charge in [0.2, 0.25) is 27.7 Å². The predicted octanol–water partition coefficient (Wildman–Crippen LogP) is 2.93. The summed E-state index contributed by atoms with van der Waals surface area (Å²) in [5, 5.41) is 8.25. The van der Waals surface area contributed by atoms with Crippen LogP contribution in [-0.2, 0) is 16.4 Å². The number of para-hydroxylation sites is 1. The Kier molecular flexibility index (Phi) is 6.68. The molecule has 12 heteroatoms. The molecule has 3 heterocycles. The molecule has 178 valence electrons. The zero-order valence-corrected chi connectivity index (χ0v) is 19.6. The van der Waals surface area contributed by atoms with Crippen molar-refractivity contribution < 1.29 is 27.0 Å². The van der Waals surface area contributed by atoms with Gasteiger partial charge in [0.15, 0.2) is 5.76 Å². The number of ether oxygens (including phenoxy) is 3. The van der Waals surface area contributed by atoms with Crippen LogP contribution in [0.1, 0.15) is 5.56 Å². The number of aryl methyl sites for hydroxylation is 1. The summed E-state index contributed by atoms with van der Waals surface area (Å²) in [6.07, 6.45) is 3.30. The molecule has 34 heavy (non-hydrogen) atoms. The van der Waals surface area contributed by atoms with Crippen LogP contribution in [0.3, 0.4) is 0 Å². The number of methoxy groups -OCH3 is 3. The first-order valence-electron chi connectivity index (χ1n) is 10.2. The van der Waals surface area contributed by atoms with Crippen molar-refractivity contribution in [2.45, 2.75) is 6.42 Å². The van der Waals surface area contributed by atoms with Crippen LogP contribution in [-0.4, -0.2) is 55.2 Å². The van der Waals surface area contributed by atoms with Crippen molar-refractivity contribution in [1.29, 1.82) is 0 Å². The number of benzene rings is 1. The minimum absolute atomic E-state index is 0.0398. The van der Waals surface area contributed by atoms with Crippen molar-refractivity contribution >= 4 is 16.0 Å². The highest BCUT2D eigenvalue weighted by molar-refractivity contribution is 7.92. The van der Waals surface area contributed by atoms with Gasteiger partial charge >= 0.3 is 0 Å². The minimum Gasteiger partial charge on any atom is -0.494 e. The largest absolute Gasteiger partial charge is 0.494 e. The molecular formula is C22H23N5O6S. The molecule has 11 nitrogen and oxygen atoms in total. The number of pyridine rings is 1. The molecule has 0 aliphatic carbocycles. The summed E-state index contributed by atoms with van der Waals surface area (Å²) in [5.41, 5.74) is 1.16. The lowest BCUT2D eigenvalue weighted by atomic mass is 10.2. The zero-order valence-electron chi connectivity index (χ0n) is 18.8. The van der Waals surface area contributed by atoms with Crippen molar-refractivity contribution in [2.24, 2.45) is 0 Å². The monoisotopic (exact) mass is 485 g/mol. The number of anilines is 1. The van der Waals surface area contributed by atoms with Crippen LogP contribution < -0.4 is 18.9 Å². The number of sulfonamides is 1. The Morgan fingerprint density at radius 2 is 1.74 bits per heavy atom. The summed E-state index contributed by atoms with van der Waals surface area (Å²) in [4.78, 5) is 4.10. The Labute approximate surface area is 196 Å². The first kappa shape index (κ1) is 23.1. The molecule has 0 radical (unpaired) electrons. The van der Waals surface area contributed by atoms with Crippen LogP contribution in [0, 0.1) is 0 Å². The van der Waals surface area contributed by atoms with Gasteiger partial charge in [0.1, 0.15) is 17.2 Å². The van der Waals surface area contributed by atoms with Gasteiger partial charge in [0.05, 0.1) is 33.3 Å². The Balaban J connectivity index is 1.70. The van der Waals surface area contributed by atoms with E-state index in [1.807, 2.05) is 0 Å². The molecule has 0 spiro atoms. The van der Waals surface area contributed by atoms with Crippen molar-refractivity contribution in [3.05, 3.63) is 60.5 Å². The third kappa shape index (κ3) is 4.81. The maximum absolute atomic E-state index is 13.0. The summed E-state index contributed by atoms with van der Waals surface area (Å²) >= 11 is 0. The Hall–Kier alpha value is -4.06. The summed E-state index contributed by atoms with van der Waals surface area (Å²) in [6.45, 7) is 0. The van der Waals surface area contributed by atoms with Crippen LogP contribution in [0.25, 0.3) is 17.3 Å². The lowest BCUT2D eigenvalue weighted by molar-refractivity contribution is 0.391. The van der Waals surface area contributed by atoms with Crippen molar-refractivity contribution in [3.63, 3.8) is 0 Å². The number of nitrogens with zero attached hydrogens (tertiary/aromatic N) is 4. The van der Waals surface area contributed by atoms with E-state index in [0.29, 0.717) is 28.8 Å². The lowest BCUT2D eigenvalue weighted by Gasteiger charge is -2.17. The average molecular weight is 486 g/mol. The van der Waals surface area contributed by atoms with Crippen LogP contribution in [0.2, 0.25) is 0 Å². The van der Waals surface area contributed by atoms with E-state index in [-0.39, 0.29) is 23.9 Å². The topological polar surface area (TPSA) is 131 Å². The van der Waals surface area contributed by atoms with E-state index in [1.165, 1.54) is 32.2 Å². The van der Waals surface area contributed by atoms with E-state index in [2.05, 4.69) is 19.9 Å². The maximum atomic E-state index is 13.0. The Morgan fingerprint density at radius 3 is 2.32 bits per heavy atom. The van der Waals surface area contributed by atoms with Crippen LogP contribution in [0.4, 0.5) is 5.95 Å². The highest BCUT2D eigenvalue weighted by Gasteiger charge is 2.26. The fraction of sp³-hybridized carbons (Fsp3) is 0.227. The molecule has 0 atom stereocenters. The first-order chi connectivity index (χ1) is 16.5. The number of furan rings is 1. The van der Waals surface area contributed by atoms with E-state index >= 15 is 0 Å². The molecular weight excluding hydrogens is 462 g/mol. The van der Waals surface area contributed by atoms with Gasteiger partial charge in [-0.2, -0.15) is 0 Å². The molecule has 0 saturated carbocycles. The second-order valence-electron chi connectivity index (χ2n) is 7.05. The van der Waals surface area contributed by atoms with Crippen molar-refractivity contribution in [2.75, 3.05) is 31.8 Å². The second-order valence-corrected chi connectivity index (χ2v) is 8.89. The number of nitrogens with one attached hydrogen (secondary N) is 1. The Bertz CT molecular complexity index is 1330. The first-order valence-corrected chi connectivity index (χ1v) is 11.8. The normalized spacial score (nSPS) is 11.3.